The zero-order valence-electron chi connectivity index (χ0n) is 29.6. The van der Waals surface area contributed by atoms with Gasteiger partial charge in [0.15, 0.2) is 23.9 Å². The molecule has 3 atom stereocenters. The van der Waals surface area contributed by atoms with Crippen molar-refractivity contribution in [3.63, 3.8) is 0 Å². The van der Waals surface area contributed by atoms with E-state index in [4.69, 9.17) is 37.4 Å². The molecule has 0 radical (unpaired) electrons. The Morgan fingerprint density at radius 2 is 1.68 bits per heavy atom. The lowest BCUT2D eigenvalue weighted by molar-refractivity contribution is -0.605. The maximum atomic E-state index is 15.2. The van der Waals surface area contributed by atoms with Crippen molar-refractivity contribution in [3.8, 4) is 11.5 Å². The van der Waals surface area contributed by atoms with Crippen LogP contribution < -0.4 is 19.1 Å². The Bertz CT molecular complexity index is 1970. The molecule has 1 aromatic heterocycles. The van der Waals surface area contributed by atoms with Gasteiger partial charge in [-0.05, 0) is 92.2 Å². The van der Waals surface area contributed by atoms with Crippen LogP contribution in [0.2, 0.25) is 10.0 Å². The summed E-state index contributed by atoms with van der Waals surface area (Å²) in [6, 6.07) is 18.6. The number of methoxy groups -OCH3 is 2. The number of fused-ring (bicyclic) bond motifs is 3. The Morgan fingerprint density at radius 3 is 2.32 bits per heavy atom. The number of nitrogens with zero attached hydrogens (tertiary/aromatic N) is 4. The fraction of sp³-hybridized carbons (Fsp3) is 0.375. The highest BCUT2D eigenvalue weighted by Gasteiger charge is 2.41. The van der Waals surface area contributed by atoms with Gasteiger partial charge < -0.3 is 24.3 Å². The highest BCUT2D eigenvalue weighted by Crippen LogP contribution is 2.41. The number of hydrogen-bond acceptors (Lipinski definition) is 7. The monoisotopic (exact) mass is 762 g/mol. The van der Waals surface area contributed by atoms with E-state index in [0.717, 1.165) is 31.5 Å². The van der Waals surface area contributed by atoms with Gasteiger partial charge in [-0.2, -0.15) is 4.73 Å². The maximum absolute atomic E-state index is 15.2. The smallest absolute Gasteiger partial charge is 0.415 e. The van der Waals surface area contributed by atoms with Crippen molar-refractivity contribution < 1.29 is 32.9 Å². The average molecular weight is 764 g/mol. The molecule has 0 N–H and O–H groups in total. The minimum absolute atomic E-state index is 0.00437. The van der Waals surface area contributed by atoms with Gasteiger partial charge in [-0.3, -0.25) is 14.6 Å². The van der Waals surface area contributed by atoms with Crippen LogP contribution in [0.1, 0.15) is 52.2 Å². The van der Waals surface area contributed by atoms with Crippen molar-refractivity contribution in [1.82, 2.24) is 9.80 Å². The Balaban J connectivity index is 1.15. The van der Waals surface area contributed by atoms with Gasteiger partial charge >= 0.3 is 6.09 Å². The Morgan fingerprint density at radius 1 is 0.943 bits per heavy atom. The van der Waals surface area contributed by atoms with E-state index in [-0.39, 0.29) is 52.2 Å². The molecule has 1 unspecified atom stereocenters. The summed E-state index contributed by atoms with van der Waals surface area (Å²) < 4.78 is 32.9. The number of benzene rings is 3. The van der Waals surface area contributed by atoms with Crippen molar-refractivity contribution in [3.05, 3.63) is 122 Å². The molecular weight excluding hydrogens is 722 g/mol. The summed E-state index contributed by atoms with van der Waals surface area (Å²) in [6.45, 7) is 3.19. The SMILES string of the molecule is COc1ccc([C@H](Cc2c(Cl)c[n+]([O-])cc2Cl)C2CCN2C(=O)c2cccc(CN(C(=O)O[C@H]3CN4CCC3CC4)c3ccccc3F)c2)cc1OC. The van der Waals surface area contributed by atoms with Gasteiger partial charge in [0.25, 0.3) is 5.91 Å². The summed E-state index contributed by atoms with van der Waals surface area (Å²) in [5.74, 6) is 0.382. The molecule has 13 heteroatoms. The van der Waals surface area contributed by atoms with Gasteiger partial charge in [-0.1, -0.05) is 53.5 Å². The van der Waals surface area contributed by atoms with Crippen LogP contribution in [-0.4, -0.2) is 74.3 Å². The molecule has 0 spiro atoms. The summed E-state index contributed by atoms with van der Waals surface area (Å²) in [5.41, 5.74) is 2.66. The third kappa shape index (κ3) is 7.74. The van der Waals surface area contributed by atoms with E-state index in [9.17, 15) is 14.8 Å². The van der Waals surface area contributed by atoms with Crippen molar-refractivity contribution in [2.24, 2.45) is 5.92 Å². The minimum atomic E-state index is -0.619. The van der Waals surface area contributed by atoms with E-state index in [1.165, 1.54) is 23.4 Å². The number of anilines is 1. The number of carbonyl (C=O) groups is 2. The van der Waals surface area contributed by atoms with E-state index in [1.807, 2.05) is 29.2 Å². The molecule has 0 aliphatic carbocycles. The Labute approximate surface area is 318 Å². The number of carbonyl (C=O) groups excluding carboxylic acids is 2. The van der Waals surface area contributed by atoms with Crippen LogP contribution in [0.25, 0.3) is 0 Å². The number of para-hydroxylation sites is 1. The summed E-state index contributed by atoms with van der Waals surface area (Å²) in [6.07, 6.45) is 4.66. The standard InChI is InChI=1S/C40H41Cl2FN4O6/c1-51-36-11-10-27(19-37(36)52-2)29(20-30-31(41)22-45(50)23-32(30)42)34-14-17-46(34)39(48)28-7-5-6-25(18-28)21-47(35-9-4-3-8-33(35)43)40(49)53-38-24-44-15-12-26(38)13-16-44/h3-11,18-19,22-23,26,29,34,38H,12-17,20-21,24H2,1-2H3/t29-,34?,38-/m0/s1. The largest absolute Gasteiger partial charge is 0.619 e. The van der Waals surface area contributed by atoms with Gasteiger partial charge in [0.1, 0.15) is 22.0 Å². The number of pyridine rings is 1. The molecule has 8 rings (SSSR count). The number of amides is 2. The number of halogens is 3. The van der Waals surface area contributed by atoms with Crippen molar-refractivity contribution >= 4 is 40.9 Å². The number of likely N-dealkylation sites (tertiary alicyclic amines) is 1. The Kier molecular flexibility index (Phi) is 11.0. The van der Waals surface area contributed by atoms with Gasteiger partial charge in [-0.25, -0.2) is 9.18 Å². The van der Waals surface area contributed by atoms with Crippen molar-refractivity contribution in [1.29, 1.82) is 0 Å². The number of piperidine rings is 3. The van der Waals surface area contributed by atoms with Crippen molar-refractivity contribution in [2.45, 2.75) is 50.3 Å². The number of hydrogen-bond donors (Lipinski definition) is 0. The molecule has 4 aliphatic rings. The van der Waals surface area contributed by atoms with Crippen LogP contribution in [0.3, 0.4) is 0 Å². The second-order valence-corrected chi connectivity index (χ2v) is 14.7. The zero-order chi connectivity index (χ0) is 37.2. The van der Waals surface area contributed by atoms with Crippen LogP contribution in [0.15, 0.2) is 79.1 Å². The van der Waals surface area contributed by atoms with Crippen LogP contribution in [-0.2, 0) is 17.7 Å². The van der Waals surface area contributed by atoms with E-state index < -0.39 is 11.9 Å². The van der Waals surface area contributed by atoms with Crippen LogP contribution >= 0.6 is 23.2 Å². The van der Waals surface area contributed by atoms with Gasteiger partial charge in [0.05, 0.1) is 26.5 Å². The maximum Gasteiger partial charge on any atom is 0.415 e. The molecule has 278 valence electrons. The lowest BCUT2D eigenvalue weighted by atomic mass is 9.79. The molecule has 4 aromatic rings. The lowest BCUT2D eigenvalue weighted by Crippen LogP contribution is -2.54. The van der Waals surface area contributed by atoms with Gasteiger partial charge in [0.2, 0.25) is 0 Å². The summed E-state index contributed by atoms with van der Waals surface area (Å²) >= 11 is 13.1. The molecule has 2 amide bonds. The van der Waals surface area contributed by atoms with Crippen LogP contribution in [0.4, 0.5) is 14.9 Å². The summed E-state index contributed by atoms with van der Waals surface area (Å²) in [4.78, 5) is 33.5. The quantitative estimate of drug-likeness (QED) is 0.117. The highest BCUT2D eigenvalue weighted by atomic mass is 35.5. The van der Waals surface area contributed by atoms with E-state index >= 15 is 4.39 Å². The third-order valence-corrected chi connectivity index (χ3v) is 11.5. The van der Waals surface area contributed by atoms with Crippen LogP contribution in [0, 0.1) is 16.9 Å². The summed E-state index contributed by atoms with van der Waals surface area (Å²) in [7, 11) is 3.12. The molecule has 4 fully saturated rings. The van der Waals surface area contributed by atoms with E-state index in [1.54, 1.807) is 50.6 Å². The predicted molar refractivity (Wildman–Crippen MR) is 199 cm³/mol. The molecule has 53 heavy (non-hydrogen) atoms. The fourth-order valence-corrected chi connectivity index (χ4v) is 8.49. The normalized spacial score (nSPS) is 21.0. The minimum Gasteiger partial charge on any atom is -0.619 e. The topological polar surface area (TPSA) is 98.5 Å². The van der Waals surface area contributed by atoms with E-state index in [2.05, 4.69) is 4.90 Å². The Hall–Kier alpha value is -4.58. The molecule has 2 bridgehead atoms. The number of rotatable bonds is 11. The molecule has 4 aliphatic heterocycles. The third-order valence-electron chi connectivity index (χ3n) is 10.8. The number of ether oxygens (including phenoxy) is 3. The lowest BCUT2D eigenvalue weighted by Gasteiger charge is -2.46. The van der Waals surface area contributed by atoms with Crippen molar-refractivity contribution in [2.75, 3.05) is 45.3 Å². The van der Waals surface area contributed by atoms with E-state index in [0.29, 0.717) is 58.9 Å². The summed E-state index contributed by atoms with van der Waals surface area (Å²) in [5, 5.41) is 12.5. The first-order valence-corrected chi connectivity index (χ1v) is 18.5. The van der Waals surface area contributed by atoms with Gasteiger partial charge in [0, 0.05) is 36.2 Å². The molecular formula is C40H41Cl2FN4O6. The predicted octanol–water partition coefficient (Wildman–Crippen LogP) is 7.26. The first kappa shape index (κ1) is 36.8. The molecule has 0 saturated carbocycles. The first-order chi connectivity index (χ1) is 25.6. The molecule has 3 aromatic carbocycles. The molecule has 4 saturated heterocycles. The first-order valence-electron chi connectivity index (χ1n) is 17.8. The average Bonchev–Trinajstić information content (AvgIpc) is 3.15. The molecule has 10 nitrogen and oxygen atoms in total. The second kappa shape index (κ2) is 15.8. The van der Waals surface area contributed by atoms with Gasteiger partial charge in [-0.15, -0.1) is 0 Å². The zero-order valence-corrected chi connectivity index (χ0v) is 31.1. The fourth-order valence-electron chi connectivity index (χ4n) is 7.89. The molecule has 5 heterocycles. The highest BCUT2D eigenvalue weighted by molar-refractivity contribution is 6.35. The number of aromatic nitrogens is 1. The van der Waals surface area contributed by atoms with Crippen LogP contribution in [0.5, 0.6) is 11.5 Å². The second-order valence-electron chi connectivity index (χ2n) is 13.9.